The van der Waals surface area contributed by atoms with Crippen molar-refractivity contribution in [3.63, 3.8) is 0 Å². The van der Waals surface area contributed by atoms with Crippen molar-refractivity contribution in [2.75, 3.05) is 14.2 Å². The predicted octanol–water partition coefficient (Wildman–Crippen LogP) is 3.77. The summed E-state index contributed by atoms with van der Waals surface area (Å²) in [6, 6.07) is 15.7. The standard InChI is InChI=1S/C21H21N5O3S/c1-26-18(11-14-7-5-4-6-8-14)23-24-21(26)30-13-19-22-20(25-29-19)16-10-9-15(27-2)12-17(16)28-3/h4-10,12H,11,13H2,1-3H3. The number of rotatable bonds is 8. The van der Waals surface area contributed by atoms with Gasteiger partial charge in [0.25, 0.3) is 0 Å². The molecule has 0 radical (unpaired) electrons. The van der Waals surface area contributed by atoms with Gasteiger partial charge in [-0.1, -0.05) is 47.3 Å². The maximum Gasteiger partial charge on any atom is 0.237 e. The summed E-state index contributed by atoms with van der Waals surface area (Å²) >= 11 is 1.50. The van der Waals surface area contributed by atoms with Gasteiger partial charge in [-0.05, 0) is 17.7 Å². The molecule has 2 heterocycles. The molecular weight excluding hydrogens is 402 g/mol. The molecule has 8 nitrogen and oxygen atoms in total. The number of benzene rings is 2. The number of hydrogen-bond acceptors (Lipinski definition) is 8. The minimum atomic E-state index is 0.466. The molecule has 0 amide bonds. The molecule has 0 spiro atoms. The molecule has 4 aromatic rings. The van der Waals surface area contributed by atoms with Crippen molar-refractivity contribution in [2.45, 2.75) is 17.3 Å². The SMILES string of the molecule is COc1ccc(-c2noc(CSc3nnc(Cc4ccccc4)n3C)n2)c(OC)c1. The fourth-order valence-electron chi connectivity index (χ4n) is 2.94. The quantitative estimate of drug-likeness (QED) is 0.396. The van der Waals surface area contributed by atoms with Crippen molar-refractivity contribution in [1.82, 2.24) is 24.9 Å². The van der Waals surface area contributed by atoms with Crippen LogP contribution >= 0.6 is 11.8 Å². The van der Waals surface area contributed by atoms with Gasteiger partial charge in [0.05, 0.1) is 25.5 Å². The van der Waals surface area contributed by atoms with E-state index in [9.17, 15) is 0 Å². The Hall–Kier alpha value is -3.33. The molecule has 2 aromatic heterocycles. The molecule has 9 heteroatoms. The summed E-state index contributed by atoms with van der Waals surface area (Å²) in [7, 11) is 5.16. The van der Waals surface area contributed by atoms with Crippen LogP contribution < -0.4 is 9.47 Å². The fraction of sp³-hybridized carbons (Fsp3) is 0.238. The van der Waals surface area contributed by atoms with Crippen molar-refractivity contribution in [2.24, 2.45) is 7.05 Å². The van der Waals surface area contributed by atoms with Gasteiger partial charge >= 0.3 is 0 Å². The highest BCUT2D eigenvalue weighted by atomic mass is 32.2. The van der Waals surface area contributed by atoms with Gasteiger partial charge in [-0.25, -0.2) is 0 Å². The lowest BCUT2D eigenvalue weighted by molar-refractivity contribution is 0.388. The number of thioether (sulfide) groups is 1. The van der Waals surface area contributed by atoms with Crippen LogP contribution in [0, 0.1) is 0 Å². The van der Waals surface area contributed by atoms with Crippen LogP contribution in [0.25, 0.3) is 11.4 Å². The highest BCUT2D eigenvalue weighted by Crippen LogP contribution is 2.32. The molecule has 0 unspecified atom stereocenters. The van der Waals surface area contributed by atoms with E-state index in [1.165, 1.54) is 17.3 Å². The van der Waals surface area contributed by atoms with E-state index in [-0.39, 0.29) is 0 Å². The van der Waals surface area contributed by atoms with Crippen molar-refractivity contribution in [1.29, 1.82) is 0 Å². The molecular formula is C21H21N5O3S. The van der Waals surface area contributed by atoms with E-state index in [1.54, 1.807) is 20.3 Å². The third-order valence-electron chi connectivity index (χ3n) is 4.57. The topological polar surface area (TPSA) is 88.1 Å². The molecule has 0 fully saturated rings. The van der Waals surface area contributed by atoms with E-state index in [2.05, 4.69) is 32.5 Å². The molecule has 30 heavy (non-hydrogen) atoms. The zero-order chi connectivity index (χ0) is 20.9. The number of hydrogen-bond donors (Lipinski definition) is 0. The molecule has 2 aromatic carbocycles. The zero-order valence-electron chi connectivity index (χ0n) is 16.9. The van der Waals surface area contributed by atoms with Gasteiger partial charge in [-0.3, -0.25) is 0 Å². The van der Waals surface area contributed by atoms with Crippen molar-refractivity contribution >= 4 is 11.8 Å². The van der Waals surface area contributed by atoms with Gasteiger partial charge in [0, 0.05) is 19.5 Å². The van der Waals surface area contributed by atoms with Crippen LogP contribution in [-0.4, -0.2) is 39.1 Å². The first-order valence-electron chi connectivity index (χ1n) is 9.28. The molecule has 0 aliphatic rings. The minimum absolute atomic E-state index is 0.466. The first kappa shape index (κ1) is 20.0. The Kier molecular flexibility index (Phi) is 5.99. The van der Waals surface area contributed by atoms with Crippen molar-refractivity contribution in [3.05, 3.63) is 65.8 Å². The van der Waals surface area contributed by atoms with Crippen LogP contribution in [0.1, 0.15) is 17.3 Å². The molecule has 0 saturated heterocycles. The lowest BCUT2D eigenvalue weighted by atomic mass is 10.1. The number of ether oxygens (including phenoxy) is 2. The lowest BCUT2D eigenvalue weighted by Crippen LogP contribution is -2.00. The summed E-state index contributed by atoms with van der Waals surface area (Å²) in [5, 5.41) is 13.5. The fourth-order valence-corrected chi connectivity index (χ4v) is 3.70. The van der Waals surface area contributed by atoms with Crippen LogP contribution in [0.4, 0.5) is 0 Å². The van der Waals surface area contributed by atoms with E-state index >= 15 is 0 Å². The van der Waals surface area contributed by atoms with Gasteiger partial charge < -0.3 is 18.6 Å². The lowest BCUT2D eigenvalue weighted by Gasteiger charge is -2.07. The smallest absolute Gasteiger partial charge is 0.237 e. The van der Waals surface area contributed by atoms with E-state index in [4.69, 9.17) is 14.0 Å². The number of aromatic nitrogens is 5. The summed E-state index contributed by atoms with van der Waals surface area (Å²) in [6.07, 6.45) is 0.729. The summed E-state index contributed by atoms with van der Waals surface area (Å²) in [5.74, 6) is 3.67. The van der Waals surface area contributed by atoms with Crippen LogP contribution in [0.5, 0.6) is 11.5 Å². The molecule has 0 bridgehead atoms. The van der Waals surface area contributed by atoms with E-state index in [1.807, 2.05) is 41.9 Å². The van der Waals surface area contributed by atoms with E-state index in [0.29, 0.717) is 29.0 Å². The molecule has 0 aliphatic heterocycles. The first-order chi connectivity index (χ1) is 14.7. The third-order valence-corrected chi connectivity index (χ3v) is 5.58. The van der Waals surface area contributed by atoms with Crippen molar-refractivity contribution in [3.8, 4) is 22.9 Å². The average molecular weight is 423 g/mol. The summed E-state index contributed by atoms with van der Waals surface area (Å²) < 4.78 is 18.0. The molecule has 0 saturated carbocycles. The Morgan fingerprint density at radius 1 is 1.03 bits per heavy atom. The summed E-state index contributed by atoms with van der Waals surface area (Å²) in [6.45, 7) is 0. The summed E-state index contributed by atoms with van der Waals surface area (Å²) in [4.78, 5) is 4.49. The van der Waals surface area contributed by atoms with Gasteiger partial charge in [-0.15, -0.1) is 10.2 Å². The maximum atomic E-state index is 5.42. The Bertz CT molecular complexity index is 1130. The highest BCUT2D eigenvalue weighted by molar-refractivity contribution is 7.98. The van der Waals surface area contributed by atoms with Crippen molar-refractivity contribution < 1.29 is 14.0 Å². The second-order valence-electron chi connectivity index (χ2n) is 6.49. The van der Waals surface area contributed by atoms with Gasteiger partial charge in [-0.2, -0.15) is 4.98 Å². The first-order valence-corrected chi connectivity index (χ1v) is 10.3. The second-order valence-corrected chi connectivity index (χ2v) is 7.43. The molecule has 4 rings (SSSR count). The van der Waals surface area contributed by atoms with Crippen LogP contribution in [0.15, 0.2) is 58.2 Å². The zero-order valence-corrected chi connectivity index (χ0v) is 17.7. The van der Waals surface area contributed by atoms with Gasteiger partial charge in [0.15, 0.2) is 5.16 Å². The maximum absolute atomic E-state index is 5.42. The second kappa shape index (κ2) is 9.00. The van der Waals surface area contributed by atoms with Crippen LogP contribution in [0.2, 0.25) is 0 Å². The van der Waals surface area contributed by atoms with E-state index in [0.717, 1.165) is 23.0 Å². The molecule has 0 N–H and O–H groups in total. The Morgan fingerprint density at radius 3 is 2.63 bits per heavy atom. The van der Waals surface area contributed by atoms with Crippen LogP contribution in [0.3, 0.4) is 0 Å². The monoisotopic (exact) mass is 423 g/mol. The average Bonchev–Trinajstić information content (AvgIpc) is 3.39. The van der Waals surface area contributed by atoms with E-state index < -0.39 is 0 Å². The molecule has 154 valence electrons. The Balaban J connectivity index is 1.44. The minimum Gasteiger partial charge on any atom is -0.497 e. The molecule has 0 atom stereocenters. The number of methoxy groups -OCH3 is 2. The van der Waals surface area contributed by atoms with Crippen LogP contribution in [-0.2, 0) is 19.2 Å². The molecule has 0 aliphatic carbocycles. The number of nitrogens with zero attached hydrogens (tertiary/aromatic N) is 5. The Morgan fingerprint density at radius 2 is 1.87 bits per heavy atom. The normalized spacial score (nSPS) is 10.9. The summed E-state index contributed by atoms with van der Waals surface area (Å²) in [5.41, 5.74) is 1.93. The highest BCUT2D eigenvalue weighted by Gasteiger charge is 2.16. The Labute approximate surface area is 178 Å². The van der Waals surface area contributed by atoms with Gasteiger partial charge in [0.1, 0.15) is 17.3 Å². The largest absolute Gasteiger partial charge is 0.497 e. The van der Waals surface area contributed by atoms with Gasteiger partial charge in [0.2, 0.25) is 11.7 Å². The third kappa shape index (κ3) is 4.30. The predicted molar refractivity (Wildman–Crippen MR) is 113 cm³/mol.